The van der Waals surface area contributed by atoms with Gasteiger partial charge in [-0.05, 0) is 37.1 Å². The van der Waals surface area contributed by atoms with Crippen molar-refractivity contribution in [2.45, 2.75) is 31.9 Å². The largest absolute Gasteiger partial charge is 0.392 e. The van der Waals surface area contributed by atoms with Gasteiger partial charge in [0.1, 0.15) is 0 Å². The predicted molar refractivity (Wildman–Crippen MR) is 66.6 cm³/mol. The van der Waals surface area contributed by atoms with Gasteiger partial charge in [0.15, 0.2) is 0 Å². The second-order valence-electron chi connectivity index (χ2n) is 4.40. The first kappa shape index (κ1) is 12.1. The lowest BCUT2D eigenvalue weighted by Crippen LogP contribution is -2.27. The number of nitrogens with one attached hydrogen (secondary N) is 2. The molecule has 1 amide bonds. The third-order valence-electron chi connectivity index (χ3n) is 3.01. The second-order valence-corrected chi connectivity index (χ2v) is 4.40. The van der Waals surface area contributed by atoms with E-state index in [2.05, 4.69) is 10.6 Å². The predicted octanol–water partition coefficient (Wildman–Crippen LogP) is 1.26. The van der Waals surface area contributed by atoms with E-state index >= 15 is 0 Å². The smallest absolute Gasteiger partial charge is 0.225 e. The first-order valence-corrected chi connectivity index (χ1v) is 6.01. The van der Waals surface area contributed by atoms with Crippen LogP contribution in [0.15, 0.2) is 24.3 Å². The molecule has 0 aromatic heterocycles. The van der Waals surface area contributed by atoms with Gasteiger partial charge in [0.05, 0.1) is 6.61 Å². The Kier molecular flexibility index (Phi) is 4.12. The lowest BCUT2D eigenvalue weighted by Gasteiger charge is -2.10. The summed E-state index contributed by atoms with van der Waals surface area (Å²) < 4.78 is 0. The van der Waals surface area contributed by atoms with Crippen LogP contribution in [0.4, 0.5) is 5.69 Å². The average Bonchev–Trinajstić information content (AvgIpc) is 2.82. The molecule has 17 heavy (non-hydrogen) atoms. The van der Waals surface area contributed by atoms with Crippen molar-refractivity contribution in [3.63, 3.8) is 0 Å². The Labute approximate surface area is 101 Å². The molecule has 4 nitrogen and oxygen atoms in total. The Morgan fingerprint density at radius 1 is 1.41 bits per heavy atom. The molecule has 1 heterocycles. The van der Waals surface area contributed by atoms with E-state index in [0.717, 1.165) is 30.6 Å². The summed E-state index contributed by atoms with van der Waals surface area (Å²) >= 11 is 0. The molecule has 2 rings (SSSR count). The number of benzene rings is 1. The van der Waals surface area contributed by atoms with Crippen LogP contribution >= 0.6 is 0 Å². The van der Waals surface area contributed by atoms with Crippen molar-refractivity contribution in [1.82, 2.24) is 5.32 Å². The molecule has 0 bridgehead atoms. The van der Waals surface area contributed by atoms with Crippen LogP contribution < -0.4 is 10.6 Å². The minimum Gasteiger partial charge on any atom is -0.392 e. The highest BCUT2D eigenvalue weighted by molar-refractivity contribution is 5.91. The average molecular weight is 234 g/mol. The third kappa shape index (κ3) is 3.54. The molecule has 1 saturated heterocycles. The topological polar surface area (TPSA) is 61.4 Å². The maximum absolute atomic E-state index is 11.7. The van der Waals surface area contributed by atoms with E-state index in [9.17, 15) is 4.79 Å². The fourth-order valence-electron chi connectivity index (χ4n) is 2.06. The molecule has 1 atom stereocenters. The molecule has 0 spiro atoms. The maximum Gasteiger partial charge on any atom is 0.225 e. The zero-order chi connectivity index (χ0) is 12.1. The number of anilines is 1. The zero-order valence-electron chi connectivity index (χ0n) is 9.78. The van der Waals surface area contributed by atoms with Gasteiger partial charge < -0.3 is 15.7 Å². The van der Waals surface area contributed by atoms with Gasteiger partial charge in [0, 0.05) is 18.2 Å². The Balaban J connectivity index is 1.84. The number of aliphatic hydroxyl groups is 1. The van der Waals surface area contributed by atoms with E-state index < -0.39 is 0 Å². The van der Waals surface area contributed by atoms with Gasteiger partial charge in [-0.2, -0.15) is 0 Å². The molecule has 1 aliphatic heterocycles. The molecule has 92 valence electrons. The van der Waals surface area contributed by atoms with Crippen molar-refractivity contribution in [3.8, 4) is 0 Å². The maximum atomic E-state index is 11.7. The summed E-state index contributed by atoms with van der Waals surface area (Å²) in [6.45, 7) is 1.05. The summed E-state index contributed by atoms with van der Waals surface area (Å²) in [6.07, 6.45) is 2.77. The van der Waals surface area contributed by atoms with Crippen molar-refractivity contribution >= 4 is 11.6 Å². The van der Waals surface area contributed by atoms with E-state index in [0.29, 0.717) is 12.5 Å². The van der Waals surface area contributed by atoms with Gasteiger partial charge in [-0.3, -0.25) is 4.79 Å². The molecule has 1 aromatic carbocycles. The lowest BCUT2D eigenvalue weighted by molar-refractivity contribution is -0.116. The fourth-order valence-corrected chi connectivity index (χ4v) is 2.06. The number of aliphatic hydroxyl groups excluding tert-OH is 1. The summed E-state index contributed by atoms with van der Waals surface area (Å²) in [5.74, 6) is 0.0427. The summed E-state index contributed by atoms with van der Waals surface area (Å²) in [5.41, 5.74) is 1.63. The highest BCUT2D eigenvalue weighted by Gasteiger charge is 2.17. The van der Waals surface area contributed by atoms with Crippen LogP contribution in [0.5, 0.6) is 0 Å². The number of hydrogen-bond donors (Lipinski definition) is 3. The lowest BCUT2D eigenvalue weighted by atomic mass is 10.1. The van der Waals surface area contributed by atoms with Crippen LogP contribution in [-0.4, -0.2) is 23.6 Å². The standard InChI is InChI=1S/C13H18N2O2/c16-9-10-3-5-11(6-4-10)15-13(17)8-12-2-1-7-14-12/h3-6,12,14,16H,1-2,7-9H2,(H,15,17)/t12-/m0/s1. The van der Waals surface area contributed by atoms with E-state index in [4.69, 9.17) is 5.11 Å². The summed E-state index contributed by atoms with van der Waals surface area (Å²) in [5, 5.41) is 15.1. The second kappa shape index (κ2) is 5.80. The Morgan fingerprint density at radius 2 is 2.18 bits per heavy atom. The molecule has 1 fully saturated rings. The first-order chi connectivity index (χ1) is 8.28. The number of carbonyl (C=O) groups is 1. The van der Waals surface area contributed by atoms with Crippen molar-refractivity contribution in [2.24, 2.45) is 0 Å². The van der Waals surface area contributed by atoms with Crippen LogP contribution in [-0.2, 0) is 11.4 Å². The van der Waals surface area contributed by atoms with Crippen LogP contribution in [0.3, 0.4) is 0 Å². The molecule has 0 saturated carbocycles. The molecular weight excluding hydrogens is 216 g/mol. The van der Waals surface area contributed by atoms with Crippen molar-refractivity contribution in [2.75, 3.05) is 11.9 Å². The Hall–Kier alpha value is -1.39. The molecule has 0 aliphatic carbocycles. The van der Waals surface area contributed by atoms with E-state index in [1.807, 2.05) is 24.3 Å². The SMILES string of the molecule is O=C(C[C@@H]1CCCN1)Nc1ccc(CO)cc1. The summed E-state index contributed by atoms with van der Waals surface area (Å²) in [4.78, 5) is 11.7. The van der Waals surface area contributed by atoms with Gasteiger partial charge in [-0.25, -0.2) is 0 Å². The number of carbonyl (C=O) groups excluding carboxylic acids is 1. The van der Waals surface area contributed by atoms with Crippen LogP contribution in [0.1, 0.15) is 24.8 Å². The molecule has 1 aromatic rings. The minimum atomic E-state index is 0.0280. The van der Waals surface area contributed by atoms with Gasteiger partial charge >= 0.3 is 0 Å². The summed E-state index contributed by atoms with van der Waals surface area (Å²) in [7, 11) is 0. The van der Waals surface area contributed by atoms with Crippen molar-refractivity contribution < 1.29 is 9.90 Å². The molecule has 0 radical (unpaired) electrons. The summed E-state index contributed by atoms with van der Waals surface area (Å²) in [6, 6.07) is 7.57. The molecule has 4 heteroatoms. The first-order valence-electron chi connectivity index (χ1n) is 6.01. The quantitative estimate of drug-likeness (QED) is 0.735. The van der Waals surface area contributed by atoms with E-state index in [1.54, 1.807) is 0 Å². The molecule has 0 unspecified atom stereocenters. The molecular formula is C13H18N2O2. The Morgan fingerprint density at radius 3 is 2.76 bits per heavy atom. The van der Waals surface area contributed by atoms with Gasteiger partial charge in [0.2, 0.25) is 5.91 Å². The highest BCUT2D eigenvalue weighted by atomic mass is 16.3. The van der Waals surface area contributed by atoms with E-state index in [-0.39, 0.29) is 12.5 Å². The third-order valence-corrected chi connectivity index (χ3v) is 3.01. The Bertz CT molecular complexity index is 370. The number of amides is 1. The minimum absolute atomic E-state index is 0.0280. The van der Waals surface area contributed by atoms with Crippen LogP contribution in [0.25, 0.3) is 0 Å². The van der Waals surface area contributed by atoms with Crippen molar-refractivity contribution in [1.29, 1.82) is 0 Å². The van der Waals surface area contributed by atoms with Gasteiger partial charge in [-0.15, -0.1) is 0 Å². The van der Waals surface area contributed by atoms with Crippen LogP contribution in [0, 0.1) is 0 Å². The fraction of sp³-hybridized carbons (Fsp3) is 0.462. The number of rotatable bonds is 4. The van der Waals surface area contributed by atoms with Crippen molar-refractivity contribution in [3.05, 3.63) is 29.8 Å². The normalized spacial score (nSPS) is 19.2. The zero-order valence-corrected chi connectivity index (χ0v) is 9.78. The number of hydrogen-bond acceptors (Lipinski definition) is 3. The van der Waals surface area contributed by atoms with Crippen LogP contribution in [0.2, 0.25) is 0 Å². The van der Waals surface area contributed by atoms with Gasteiger partial charge in [0.25, 0.3) is 0 Å². The van der Waals surface area contributed by atoms with E-state index in [1.165, 1.54) is 0 Å². The molecule has 1 aliphatic rings. The monoisotopic (exact) mass is 234 g/mol. The van der Waals surface area contributed by atoms with Gasteiger partial charge in [-0.1, -0.05) is 12.1 Å². The highest BCUT2D eigenvalue weighted by Crippen LogP contribution is 2.12. The molecule has 3 N–H and O–H groups in total.